The van der Waals surface area contributed by atoms with Crippen molar-refractivity contribution in [1.82, 2.24) is 15.1 Å². The van der Waals surface area contributed by atoms with Gasteiger partial charge < -0.3 is 5.32 Å². The molecule has 1 aliphatic rings. The Morgan fingerprint density at radius 3 is 2.58 bits per heavy atom. The van der Waals surface area contributed by atoms with E-state index in [0.717, 1.165) is 41.8 Å². The lowest BCUT2D eigenvalue weighted by Crippen LogP contribution is -2.29. The van der Waals surface area contributed by atoms with Crippen LogP contribution < -0.4 is 5.32 Å². The second kappa shape index (κ2) is 9.29. The first-order valence-electron chi connectivity index (χ1n) is 11.5. The molecular weight excluding hydrogens is 406 g/mol. The third-order valence-corrected chi connectivity index (χ3v) is 6.19. The van der Waals surface area contributed by atoms with E-state index in [4.69, 9.17) is 5.10 Å². The molecule has 4 heteroatoms. The Labute approximate surface area is 194 Å². The summed E-state index contributed by atoms with van der Waals surface area (Å²) in [5.74, 6) is -0.0842. The highest BCUT2D eigenvalue weighted by atomic mass is 16.1. The van der Waals surface area contributed by atoms with Gasteiger partial charge in [0.25, 0.3) is 0 Å². The number of fused-ring (bicyclic) bond motifs is 1. The van der Waals surface area contributed by atoms with Crippen molar-refractivity contribution in [3.63, 3.8) is 0 Å². The molecule has 1 N–H and O–H groups in total. The first-order chi connectivity index (χ1) is 16.2. The highest BCUT2D eigenvalue weighted by Gasteiger charge is 2.20. The zero-order valence-corrected chi connectivity index (χ0v) is 18.7. The fraction of sp³-hybridized carbons (Fsp3) is 0.172. The van der Waals surface area contributed by atoms with Crippen LogP contribution in [0.3, 0.4) is 0 Å². The summed E-state index contributed by atoms with van der Waals surface area (Å²) in [5, 5.41) is 8.03. The number of para-hydroxylation sites is 1. The van der Waals surface area contributed by atoms with Gasteiger partial charge in [0.05, 0.1) is 17.4 Å². The van der Waals surface area contributed by atoms with Crippen molar-refractivity contribution < 1.29 is 4.79 Å². The molecule has 0 spiro atoms. The molecule has 4 nitrogen and oxygen atoms in total. The van der Waals surface area contributed by atoms with Crippen molar-refractivity contribution in [1.29, 1.82) is 0 Å². The molecule has 0 radical (unpaired) electrons. The third-order valence-electron chi connectivity index (χ3n) is 6.19. The van der Waals surface area contributed by atoms with E-state index in [1.165, 1.54) is 16.7 Å². The highest BCUT2D eigenvalue weighted by Crippen LogP contribution is 2.29. The van der Waals surface area contributed by atoms with Gasteiger partial charge in [0.1, 0.15) is 0 Å². The van der Waals surface area contributed by atoms with Crippen LogP contribution in [0.15, 0.2) is 91.1 Å². The molecule has 0 saturated heterocycles. The zero-order valence-electron chi connectivity index (χ0n) is 18.7. The van der Waals surface area contributed by atoms with Crippen LogP contribution in [0.4, 0.5) is 0 Å². The zero-order chi connectivity index (χ0) is 22.6. The predicted molar refractivity (Wildman–Crippen MR) is 133 cm³/mol. The van der Waals surface area contributed by atoms with Crippen LogP contribution in [0.25, 0.3) is 23.0 Å². The van der Waals surface area contributed by atoms with E-state index < -0.39 is 0 Å². The second-order valence-electron chi connectivity index (χ2n) is 8.56. The largest absolute Gasteiger partial charge is 0.346 e. The lowest BCUT2D eigenvalue weighted by molar-refractivity contribution is -0.117. The average molecular weight is 434 g/mol. The van der Waals surface area contributed by atoms with Gasteiger partial charge in [-0.1, -0.05) is 72.3 Å². The Bertz CT molecular complexity index is 1290. The van der Waals surface area contributed by atoms with E-state index in [9.17, 15) is 4.79 Å². The third kappa shape index (κ3) is 4.65. The molecule has 1 heterocycles. The molecule has 0 fully saturated rings. The number of amides is 1. The molecule has 164 valence electrons. The van der Waals surface area contributed by atoms with E-state index in [1.807, 2.05) is 53.4 Å². The van der Waals surface area contributed by atoms with Gasteiger partial charge >= 0.3 is 0 Å². The fourth-order valence-corrected chi connectivity index (χ4v) is 4.45. The van der Waals surface area contributed by atoms with Crippen molar-refractivity contribution in [2.75, 3.05) is 0 Å². The maximum absolute atomic E-state index is 12.8. The first-order valence-corrected chi connectivity index (χ1v) is 11.5. The maximum Gasteiger partial charge on any atom is 0.244 e. The van der Waals surface area contributed by atoms with E-state index in [2.05, 4.69) is 54.7 Å². The van der Waals surface area contributed by atoms with Gasteiger partial charge in [-0.3, -0.25) is 4.79 Å². The number of hydrogen-bond acceptors (Lipinski definition) is 2. The molecule has 0 bridgehead atoms. The predicted octanol–water partition coefficient (Wildman–Crippen LogP) is 6.05. The Morgan fingerprint density at radius 2 is 1.76 bits per heavy atom. The maximum atomic E-state index is 12.8. The minimum absolute atomic E-state index is 0.0655. The topological polar surface area (TPSA) is 46.9 Å². The molecule has 1 aliphatic carbocycles. The summed E-state index contributed by atoms with van der Waals surface area (Å²) in [6.45, 7) is 2.07. The number of hydrogen-bond donors (Lipinski definition) is 1. The summed E-state index contributed by atoms with van der Waals surface area (Å²) in [5.41, 5.74) is 7.54. The second-order valence-corrected chi connectivity index (χ2v) is 8.56. The van der Waals surface area contributed by atoms with E-state index in [1.54, 1.807) is 6.08 Å². The average Bonchev–Trinajstić information content (AvgIpc) is 3.28. The Morgan fingerprint density at radius 1 is 1.00 bits per heavy atom. The number of aromatic nitrogens is 2. The molecule has 0 aliphatic heterocycles. The smallest absolute Gasteiger partial charge is 0.244 e. The van der Waals surface area contributed by atoms with Crippen LogP contribution in [0.2, 0.25) is 0 Å². The van der Waals surface area contributed by atoms with Crippen LogP contribution in [-0.4, -0.2) is 15.7 Å². The van der Waals surface area contributed by atoms with Gasteiger partial charge in [0.15, 0.2) is 0 Å². The summed E-state index contributed by atoms with van der Waals surface area (Å²) in [6, 6.07) is 26.8. The summed E-state index contributed by atoms with van der Waals surface area (Å²) in [6.07, 6.45) is 8.61. The van der Waals surface area contributed by atoms with Gasteiger partial charge in [0.2, 0.25) is 5.91 Å². The summed E-state index contributed by atoms with van der Waals surface area (Å²) in [7, 11) is 0. The summed E-state index contributed by atoms with van der Waals surface area (Å²) >= 11 is 0. The number of rotatable bonds is 5. The lowest BCUT2D eigenvalue weighted by Gasteiger charge is -2.25. The Balaban J connectivity index is 1.42. The number of nitrogens with zero attached hydrogens (tertiary/aromatic N) is 2. The molecule has 1 atom stereocenters. The molecule has 4 aromatic rings. The van der Waals surface area contributed by atoms with E-state index in [-0.39, 0.29) is 11.9 Å². The van der Waals surface area contributed by atoms with Crippen LogP contribution in [-0.2, 0) is 11.2 Å². The number of nitrogens with one attached hydrogen (secondary N) is 1. The SMILES string of the molecule is Cc1ccc(-c2nn(-c3ccccc3)cc2C=CC(=O)NC2CCCc3ccccc32)cc1. The fourth-order valence-electron chi connectivity index (χ4n) is 4.45. The quantitative estimate of drug-likeness (QED) is 0.389. The first kappa shape index (κ1) is 21.0. The number of carbonyl (C=O) groups excluding carboxylic acids is 1. The van der Waals surface area contributed by atoms with Gasteiger partial charge in [-0.25, -0.2) is 4.68 Å². The van der Waals surface area contributed by atoms with E-state index in [0.29, 0.717) is 0 Å². The van der Waals surface area contributed by atoms with Gasteiger partial charge in [-0.15, -0.1) is 0 Å². The monoisotopic (exact) mass is 433 g/mol. The minimum Gasteiger partial charge on any atom is -0.346 e. The number of benzene rings is 3. The summed E-state index contributed by atoms with van der Waals surface area (Å²) in [4.78, 5) is 12.8. The van der Waals surface area contributed by atoms with Crippen LogP contribution >= 0.6 is 0 Å². The molecule has 1 unspecified atom stereocenters. The molecule has 1 aromatic heterocycles. The van der Waals surface area contributed by atoms with Crippen LogP contribution in [0.5, 0.6) is 0 Å². The number of aryl methyl sites for hydroxylation is 2. The standard InChI is InChI=1S/C29H27N3O/c1-21-14-16-23(17-15-21)29-24(20-32(31-29)25-10-3-2-4-11-25)18-19-28(33)30-27-13-7-9-22-8-5-6-12-26(22)27/h2-6,8,10-12,14-20,27H,7,9,13H2,1H3,(H,30,33). The van der Waals surface area contributed by atoms with Crippen LogP contribution in [0.1, 0.15) is 41.1 Å². The molecule has 5 rings (SSSR count). The molecule has 0 saturated carbocycles. The van der Waals surface area contributed by atoms with Crippen molar-refractivity contribution in [2.24, 2.45) is 0 Å². The Kier molecular flexibility index (Phi) is 5.90. The summed E-state index contributed by atoms with van der Waals surface area (Å²) < 4.78 is 1.87. The molecule has 33 heavy (non-hydrogen) atoms. The Hall–Kier alpha value is -3.92. The van der Waals surface area contributed by atoms with E-state index >= 15 is 0 Å². The van der Waals surface area contributed by atoms with Gasteiger partial charge in [0, 0.05) is 23.4 Å². The molecular formula is C29H27N3O. The van der Waals surface area contributed by atoms with Crippen molar-refractivity contribution >= 4 is 12.0 Å². The molecule has 1 amide bonds. The van der Waals surface area contributed by atoms with Gasteiger partial charge in [-0.05, 0) is 55.5 Å². The van der Waals surface area contributed by atoms with Crippen molar-refractivity contribution in [2.45, 2.75) is 32.2 Å². The normalized spacial score (nSPS) is 15.4. The lowest BCUT2D eigenvalue weighted by atomic mass is 9.88. The number of carbonyl (C=O) groups is 1. The highest BCUT2D eigenvalue weighted by molar-refractivity contribution is 5.93. The minimum atomic E-state index is -0.0842. The molecule has 3 aromatic carbocycles. The van der Waals surface area contributed by atoms with Crippen molar-refractivity contribution in [3.8, 4) is 16.9 Å². The van der Waals surface area contributed by atoms with Crippen LogP contribution in [0, 0.1) is 6.92 Å². The van der Waals surface area contributed by atoms with Gasteiger partial charge in [-0.2, -0.15) is 5.10 Å². The van der Waals surface area contributed by atoms with Crippen molar-refractivity contribution in [3.05, 3.63) is 113 Å².